The molecular formula is C18H13F2N3O2. The van der Waals surface area contributed by atoms with Gasteiger partial charge in [0.15, 0.2) is 0 Å². The van der Waals surface area contributed by atoms with Gasteiger partial charge in [-0.15, -0.1) is 10.2 Å². The summed E-state index contributed by atoms with van der Waals surface area (Å²) in [5.41, 5.74) is 1.92. The molecule has 0 radical (unpaired) electrons. The molecule has 25 heavy (non-hydrogen) atoms. The summed E-state index contributed by atoms with van der Waals surface area (Å²) in [6.07, 6.45) is -1.34. The third-order valence-electron chi connectivity index (χ3n) is 3.37. The van der Waals surface area contributed by atoms with Crippen molar-refractivity contribution < 1.29 is 13.2 Å². The molecule has 0 N–H and O–H groups in total. The molecule has 0 fully saturated rings. The SMILES string of the molecule is Cc1cccc(C#CCn2ccc(-c3nnc(C(F)F)o3)cc2=O)c1. The van der Waals surface area contributed by atoms with E-state index in [2.05, 4.69) is 22.0 Å². The predicted octanol–water partition coefficient (Wildman–Crippen LogP) is 3.20. The van der Waals surface area contributed by atoms with Crippen LogP contribution in [0.3, 0.4) is 0 Å². The molecule has 0 atom stereocenters. The Balaban J connectivity index is 1.77. The van der Waals surface area contributed by atoms with E-state index in [1.807, 2.05) is 31.2 Å². The van der Waals surface area contributed by atoms with E-state index in [0.717, 1.165) is 11.1 Å². The molecule has 0 saturated heterocycles. The highest BCUT2D eigenvalue weighted by molar-refractivity contribution is 5.51. The zero-order valence-corrected chi connectivity index (χ0v) is 13.2. The van der Waals surface area contributed by atoms with Gasteiger partial charge in [0.2, 0.25) is 5.89 Å². The minimum atomic E-state index is -2.85. The number of halogens is 2. The summed E-state index contributed by atoms with van der Waals surface area (Å²) in [7, 11) is 0. The first-order valence-electron chi connectivity index (χ1n) is 7.41. The Morgan fingerprint density at radius 2 is 2.08 bits per heavy atom. The number of benzene rings is 1. The fraction of sp³-hybridized carbons (Fsp3) is 0.167. The Morgan fingerprint density at radius 3 is 2.76 bits per heavy atom. The molecule has 2 heterocycles. The number of aryl methyl sites for hydroxylation is 1. The molecule has 5 nitrogen and oxygen atoms in total. The molecule has 3 rings (SSSR count). The number of hydrogen-bond acceptors (Lipinski definition) is 4. The van der Waals surface area contributed by atoms with Gasteiger partial charge in [0.05, 0.1) is 6.54 Å². The molecular weight excluding hydrogens is 328 g/mol. The first-order valence-corrected chi connectivity index (χ1v) is 7.41. The van der Waals surface area contributed by atoms with E-state index in [1.54, 1.807) is 6.07 Å². The molecule has 0 aliphatic carbocycles. The second kappa shape index (κ2) is 7.09. The maximum Gasteiger partial charge on any atom is 0.314 e. The summed E-state index contributed by atoms with van der Waals surface area (Å²) in [6, 6.07) is 10.5. The van der Waals surface area contributed by atoms with Crippen LogP contribution >= 0.6 is 0 Å². The van der Waals surface area contributed by atoms with Crippen molar-refractivity contribution >= 4 is 0 Å². The summed E-state index contributed by atoms with van der Waals surface area (Å²) in [4.78, 5) is 12.1. The molecule has 3 aromatic rings. The Bertz CT molecular complexity index is 1010. The highest BCUT2D eigenvalue weighted by Crippen LogP contribution is 2.21. The zero-order valence-electron chi connectivity index (χ0n) is 13.2. The summed E-state index contributed by atoms with van der Waals surface area (Å²) < 4.78 is 31.2. The number of aromatic nitrogens is 3. The van der Waals surface area contributed by atoms with Gasteiger partial charge in [0.25, 0.3) is 11.4 Å². The van der Waals surface area contributed by atoms with Crippen LogP contribution in [0, 0.1) is 18.8 Å². The molecule has 0 saturated carbocycles. The average molecular weight is 341 g/mol. The van der Waals surface area contributed by atoms with Crippen LogP contribution in [0.15, 0.2) is 51.8 Å². The van der Waals surface area contributed by atoms with Crippen LogP contribution in [0.5, 0.6) is 0 Å². The fourth-order valence-corrected chi connectivity index (χ4v) is 2.16. The third kappa shape index (κ3) is 3.98. The average Bonchev–Trinajstić information content (AvgIpc) is 3.07. The Kier molecular flexibility index (Phi) is 4.70. The van der Waals surface area contributed by atoms with Gasteiger partial charge in [-0.25, -0.2) is 0 Å². The number of pyridine rings is 1. The van der Waals surface area contributed by atoms with Gasteiger partial charge in [0, 0.05) is 23.4 Å². The van der Waals surface area contributed by atoms with Crippen LogP contribution in [-0.4, -0.2) is 14.8 Å². The van der Waals surface area contributed by atoms with Gasteiger partial charge in [-0.3, -0.25) is 4.79 Å². The van der Waals surface area contributed by atoms with Gasteiger partial charge >= 0.3 is 6.43 Å². The number of hydrogen-bond donors (Lipinski definition) is 0. The fourth-order valence-electron chi connectivity index (χ4n) is 2.16. The zero-order chi connectivity index (χ0) is 17.8. The summed E-state index contributed by atoms with van der Waals surface area (Å²) >= 11 is 0. The molecule has 0 aliphatic rings. The normalized spacial score (nSPS) is 10.6. The minimum absolute atomic E-state index is 0.120. The molecule has 0 unspecified atom stereocenters. The quantitative estimate of drug-likeness (QED) is 0.687. The van der Waals surface area contributed by atoms with Crippen LogP contribution in [0.1, 0.15) is 23.4 Å². The van der Waals surface area contributed by atoms with E-state index in [0.29, 0.717) is 0 Å². The van der Waals surface area contributed by atoms with Crippen molar-refractivity contribution in [1.29, 1.82) is 0 Å². The Morgan fingerprint density at radius 1 is 1.24 bits per heavy atom. The van der Waals surface area contributed by atoms with Gasteiger partial charge < -0.3 is 8.98 Å². The van der Waals surface area contributed by atoms with E-state index in [9.17, 15) is 13.6 Å². The lowest BCUT2D eigenvalue weighted by Gasteiger charge is -2.01. The first kappa shape index (κ1) is 16.6. The molecule has 1 aromatic carbocycles. The lowest BCUT2D eigenvalue weighted by molar-refractivity contribution is 0.116. The Labute approximate surface area is 141 Å². The molecule has 0 bridgehead atoms. The lowest BCUT2D eigenvalue weighted by Crippen LogP contribution is -2.17. The van der Waals surface area contributed by atoms with E-state index >= 15 is 0 Å². The van der Waals surface area contributed by atoms with Crippen LogP contribution < -0.4 is 5.56 Å². The maximum absolute atomic E-state index is 12.5. The van der Waals surface area contributed by atoms with Gasteiger partial charge in [0.1, 0.15) is 0 Å². The van der Waals surface area contributed by atoms with E-state index < -0.39 is 12.3 Å². The minimum Gasteiger partial charge on any atom is -0.415 e. The van der Waals surface area contributed by atoms with Gasteiger partial charge in [-0.2, -0.15) is 8.78 Å². The molecule has 7 heteroatoms. The maximum atomic E-state index is 12.5. The van der Waals surface area contributed by atoms with Gasteiger partial charge in [-0.1, -0.05) is 24.0 Å². The van der Waals surface area contributed by atoms with E-state index in [-0.39, 0.29) is 23.6 Å². The second-order valence-corrected chi connectivity index (χ2v) is 5.30. The van der Waals surface area contributed by atoms with E-state index in [4.69, 9.17) is 4.42 Å². The van der Waals surface area contributed by atoms with Gasteiger partial charge in [-0.05, 0) is 30.7 Å². The Hall–Kier alpha value is -3.27. The smallest absolute Gasteiger partial charge is 0.314 e. The number of nitrogens with zero attached hydrogens (tertiary/aromatic N) is 3. The predicted molar refractivity (Wildman–Crippen MR) is 87.0 cm³/mol. The number of rotatable bonds is 3. The van der Waals surface area contributed by atoms with Crippen molar-refractivity contribution in [3.8, 4) is 23.3 Å². The topological polar surface area (TPSA) is 60.9 Å². The summed E-state index contributed by atoms with van der Waals surface area (Å²) in [6.45, 7) is 2.19. The molecule has 0 aliphatic heterocycles. The third-order valence-corrected chi connectivity index (χ3v) is 3.37. The highest BCUT2D eigenvalue weighted by Gasteiger charge is 2.17. The van der Waals surface area contributed by atoms with Crippen LogP contribution in [0.4, 0.5) is 8.78 Å². The monoisotopic (exact) mass is 341 g/mol. The lowest BCUT2D eigenvalue weighted by atomic mass is 10.1. The number of alkyl halides is 2. The second-order valence-electron chi connectivity index (χ2n) is 5.30. The molecule has 2 aromatic heterocycles. The van der Waals surface area contributed by atoms with Crippen molar-refractivity contribution in [3.05, 3.63) is 70.0 Å². The van der Waals surface area contributed by atoms with Crippen molar-refractivity contribution in [2.75, 3.05) is 0 Å². The molecule has 0 spiro atoms. The summed E-state index contributed by atoms with van der Waals surface area (Å²) in [5, 5.41) is 6.75. The van der Waals surface area contributed by atoms with Crippen molar-refractivity contribution in [3.63, 3.8) is 0 Å². The first-order chi connectivity index (χ1) is 12.0. The largest absolute Gasteiger partial charge is 0.415 e. The highest BCUT2D eigenvalue weighted by atomic mass is 19.3. The molecule has 0 amide bonds. The van der Waals surface area contributed by atoms with E-state index in [1.165, 1.54) is 16.8 Å². The summed E-state index contributed by atoms with van der Waals surface area (Å²) in [5.74, 6) is 5.02. The van der Waals surface area contributed by atoms with Crippen LogP contribution in [0.2, 0.25) is 0 Å². The van der Waals surface area contributed by atoms with Crippen LogP contribution in [-0.2, 0) is 6.54 Å². The van der Waals surface area contributed by atoms with Crippen LogP contribution in [0.25, 0.3) is 11.5 Å². The van der Waals surface area contributed by atoms with Crippen molar-refractivity contribution in [2.24, 2.45) is 0 Å². The van der Waals surface area contributed by atoms with Crippen molar-refractivity contribution in [2.45, 2.75) is 19.9 Å². The standard InChI is InChI=1S/C18H13F2N3O2/c1-12-4-2-5-13(10-12)6-3-8-23-9-7-14(11-15(23)24)17-21-22-18(25-17)16(19)20/h2,4-5,7,9-11,16H,8H2,1H3. The molecule has 126 valence electrons. The van der Waals surface area contributed by atoms with Crippen molar-refractivity contribution in [1.82, 2.24) is 14.8 Å².